The molecular weight excluding hydrogens is 330 g/mol. The highest BCUT2D eigenvalue weighted by atomic mass is 19.2. The number of hydrogen-bond donors (Lipinski definition) is 1. The van der Waals surface area contributed by atoms with E-state index in [0.717, 1.165) is 25.1 Å². The van der Waals surface area contributed by atoms with E-state index in [2.05, 4.69) is 10.3 Å². The van der Waals surface area contributed by atoms with Crippen molar-refractivity contribution in [2.75, 3.05) is 19.6 Å². The van der Waals surface area contributed by atoms with Crippen LogP contribution in [0.1, 0.15) is 16.8 Å². The first-order valence-electron chi connectivity index (χ1n) is 8.02. The predicted molar refractivity (Wildman–Crippen MR) is 85.6 cm³/mol. The molecule has 8 heteroatoms. The summed E-state index contributed by atoms with van der Waals surface area (Å²) in [5.41, 5.74) is 0.0816. The van der Waals surface area contributed by atoms with Crippen LogP contribution in [0.3, 0.4) is 0 Å². The number of rotatable bonds is 6. The number of aryl methyl sites for hydroxylation is 1. The van der Waals surface area contributed by atoms with Crippen molar-refractivity contribution >= 4 is 11.8 Å². The summed E-state index contributed by atoms with van der Waals surface area (Å²) in [5, 5.41) is 2.84. The Kier molecular flexibility index (Phi) is 5.06. The van der Waals surface area contributed by atoms with Gasteiger partial charge in [0.2, 0.25) is 5.91 Å². The maximum atomic E-state index is 13.2. The molecule has 1 N–H and O–H groups in total. The molecule has 0 radical (unpaired) electrons. The van der Waals surface area contributed by atoms with Gasteiger partial charge in [-0.1, -0.05) is 0 Å². The first kappa shape index (κ1) is 17.1. The highest BCUT2D eigenvalue weighted by molar-refractivity contribution is 5.96. The summed E-state index contributed by atoms with van der Waals surface area (Å²) < 4.78 is 28.0. The monoisotopic (exact) mass is 348 g/mol. The van der Waals surface area contributed by atoms with Crippen LogP contribution >= 0.6 is 0 Å². The van der Waals surface area contributed by atoms with Crippen LogP contribution in [0, 0.1) is 17.6 Å². The Morgan fingerprint density at radius 3 is 2.72 bits per heavy atom. The second kappa shape index (κ2) is 7.42. The average molecular weight is 348 g/mol. The number of likely N-dealkylation sites (tertiary alicyclic amines) is 1. The molecule has 0 atom stereocenters. The molecule has 0 spiro atoms. The maximum absolute atomic E-state index is 13.2. The first-order chi connectivity index (χ1) is 12.0. The lowest BCUT2D eigenvalue weighted by Gasteiger charge is -2.38. The summed E-state index contributed by atoms with van der Waals surface area (Å²) in [6, 6.07) is 3.04. The van der Waals surface area contributed by atoms with Crippen molar-refractivity contribution < 1.29 is 18.4 Å². The molecule has 1 aromatic carbocycles. The largest absolute Gasteiger partial charge is 0.356 e. The van der Waals surface area contributed by atoms with Crippen LogP contribution in [-0.2, 0) is 11.3 Å². The van der Waals surface area contributed by atoms with Gasteiger partial charge in [-0.3, -0.25) is 9.59 Å². The minimum absolute atomic E-state index is 0.0816. The highest BCUT2D eigenvalue weighted by Crippen LogP contribution is 2.20. The van der Waals surface area contributed by atoms with E-state index in [-0.39, 0.29) is 30.5 Å². The number of halogens is 2. The zero-order valence-electron chi connectivity index (χ0n) is 13.5. The third-order valence-corrected chi connectivity index (χ3v) is 4.16. The number of carbonyl (C=O) groups excluding carboxylic acids is 2. The van der Waals surface area contributed by atoms with E-state index in [4.69, 9.17) is 0 Å². The zero-order valence-corrected chi connectivity index (χ0v) is 13.5. The summed E-state index contributed by atoms with van der Waals surface area (Å²) in [6.07, 6.45) is 6.06. The Hall–Kier alpha value is -2.77. The molecule has 2 aromatic rings. The highest BCUT2D eigenvalue weighted by Gasteiger charge is 2.35. The number of amides is 2. The van der Waals surface area contributed by atoms with Gasteiger partial charge in [-0.25, -0.2) is 13.8 Å². The molecule has 1 aliphatic heterocycles. The van der Waals surface area contributed by atoms with E-state index in [9.17, 15) is 18.4 Å². The Balaban J connectivity index is 1.39. The number of carbonyl (C=O) groups is 2. The van der Waals surface area contributed by atoms with E-state index in [1.165, 1.54) is 11.0 Å². The van der Waals surface area contributed by atoms with Crippen molar-refractivity contribution in [3.05, 3.63) is 54.1 Å². The molecule has 6 nitrogen and oxygen atoms in total. The average Bonchev–Trinajstić information content (AvgIpc) is 3.06. The Bertz CT molecular complexity index is 758. The van der Waals surface area contributed by atoms with Crippen LogP contribution in [0.25, 0.3) is 0 Å². The fraction of sp³-hybridized carbons (Fsp3) is 0.353. The molecule has 1 fully saturated rings. The van der Waals surface area contributed by atoms with Crippen molar-refractivity contribution in [2.45, 2.75) is 13.0 Å². The Morgan fingerprint density at radius 1 is 1.24 bits per heavy atom. The first-order valence-corrected chi connectivity index (χ1v) is 8.02. The smallest absolute Gasteiger partial charge is 0.254 e. The lowest BCUT2D eigenvalue weighted by atomic mass is 9.97. The number of hydrogen-bond acceptors (Lipinski definition) is 3. The molecule has 1 saturated heterocycles. The molecule has 25 heavy (non-hydrogen) atoms. The number of benzene rings is 1. The van der Waals surface area contributed by atoms with Gasteiger partial charge in [0.1, 0.15) is 0 Å². The SMILES string of the molecule is O=C(NCCCn1ccnc1)C1CN(C(=O)c2ccc(F)c(F)c2)C1. The molecule has 1 aromatic heterocycles. The summed E-state index contributed by atoms with van der Waals surface area (Å²) in [4.78, 5) is 29.5. The van der Waals surface area contributed by atoms with Crippen molar-refractivity contribution in [1.29, 1.82) is 0 Å². The second-order valence-corrected chi connectivity index (χ2v) is 5.98. The van der Waals surface area contributed by atoms with Gasteiger partial charge in [-0.2, -0.15) is 0 Å². The van der Waals surface area contributed by atoms with Gasteiger partial charge in [0.15, 0.2) is 11.6 Å². The minimum atomic E-state index is -1.06. The molecule has 132 valence electrons. The Morgan fingerprint density at radius 2 is 2.04 bits per heavy atom. The molecule has 2 amide bonds. The fourth-order valence-electron chi connectivity index (χ4n) is 2.66. The zero-order chi connectivity index (χ0) is 17.8. The quantitative estimate of drug-likeness (QED) is 0.804. The van der Waals surface area contributed by atoms with Crippen LogP contribution < -0.4 is 5.32 Å². The van der Waals surface area contributed by atoms with E-state index in [0.29, 0.717) is 6.54 Å². The number of imidazole rings is 1. The van der Waals surface area contributed by atoms with Gasteiger partial charge in [-0.15, -0.1) is 0 Å². The summed E-state index contributed by atoms with van der Waals surface area (Å²) >= 11 is 0. The van der Waals surface area contributed by atoms with E-state index >= 15 is 0 Å². The lowest BCUT2D eigenvalue weighted by Crippen LogP contribution is -2.55. The summed E-state index contributed by atoms with van der Waals surface area (Å²) in [5.74, 6) is -2.81. The van der Waals surface area contributed by atoms with Gasteiger partial charge in [-0.05, 0) is 24.6 Å². The standard InChI is InChI=1S/C17H18F2N4O2/c18-14-3-2-12(8-15(14)19)17(25)23-9-13(10-23)16(24)21-4-1-6-22-7-5-20-11-22/h2-3,5,7-8,11,13H,1,4,6,9-10H2,(H,21,24). The van der Waals surface area contributed by atoms with Crippen molar-refractivity contribution in [3.8, 4) is 0 Å². The normalized spacial score (nSPS) is 14.2. The van der Waals surface area contributed by atoms with E-state index < -0.39 is 17.5 Å². The van der Waals surface area contributed by atoms with Gasteiger partial charge < -0.3 is 14.8 Å². The molecule has 0 aliphatic carbocycles. The molecule has 3 rings (SSSR count). The Labute approximate surface area is 143 Å². The maximum Gasteiger partial charge on any atom is 0.254 e. The third-order valence-electron chi connectivity index (χ3n) is 4.16. The van der Waals surface area contributed by atoms with Crippen LogP contribution in [-0.4, -0.2) is 45.9 Å². The lowest BCUT2D eigenvalue weighted by molar-refractivity contribution is -0.128. The molecular formula is C17H18F2N4O2. The van der Waals surface area contributed by atoms with Crippen LogP contribution in [0.2, 0.25) is 0 Å². The van der Waals surface area contributed by atoms with Gasteiger partial charge >= 0.3 is 0 Å². The molecule has 0 saturated carbocycles. The van der Waals surface area contributed by atoms with Gasteiger partial charge in [0.05, 0.1) is 12.2 Å². The van der Waals surface area contributed by atoms with Crippen LogP contribution in [0.15, 0.2) is 36.9 Å². The van der Waals surface area contributed by atoms with Gasteiger partial charge in [0, 0.05) is 44.1 Å². The predicted octanol–water partition coefficient (Wildman–Crippen LogP) is 1.44. The van der Waals surface area contributed by atoms with E-state index in [1.807, 2.05) is 10.8 Å². The van der Waals surface area contributed by atoms with Crippen LogP contribution in [0.4, 0.5) is 8.78 Å². The fourth-order valence-corrected chi connectivity index (χ4v) is 2.66. The van der Waals surface area contributed by atoms with E-state index in [1.54, 1.807) is 12.5 Å². The summed E-state index contributed by atoms with van der Waals surface area (Å²) in [6.45, 7) is 1.88. The number of aromatic nitrogens is 2. The van der Waals surface area contributed by atoms with Gasteiger partial charge in [0.25, 0.3) is 5.91 Å². The second-order valence-electron chi connectivity index (χ2n) is 5.98. The van der Waals surface area contributed by atoms with Crippen LogP contribution in [0.5, 0.6) is 0 Å². The molecule has 1 aliphatic rings. The topological polar surface area (TPSA) is 67.2 Å². The minimum Gasteiger partial charge on any atom is -0.356 e. The van der Waals surface area contributed by atoms with Crippen molar-refractivity contribution in [2.24, 2.45) is 5.92 Å². The van der Waals surface area contributed by atoms with Crippen molar-refractivity contribution in [3.63, 3.8) is 0 Å². The van der Waals surface area contributed by atoms with Crippen molar-refractivity contribution in [1.82, 2.24) is 19.8 Å². The number of nitrogens with zero attached hydrogens (tertiary/aromatic N) is 3. The number of nitrogens with one attached hydrogen (secondary N) is 1. The third kappa shape index (κ3) is 4.01. The molecule has 0 unspecified atom stereocenters. The molecule has 2 heterocycles. The molecule has 0 bridgehead atoms. The summed E-state index contributed by atoms with van der Waals surface area (Å²) in [7, 11) is 0.